The zero-order valence-corrected chi connectivity index (χ0v) is 15.8. The van der Waals surface area contributed by atoms with Crippen LogP contribution in [-0.2, 0) is 11.2 Å². The molecule has 6 heteroatoms. The van der Waals surface area contributed by atoms with Crippen molar-refractivity contribution >= 4 is 12.0 Å². The lowest BCUT2D eigenvalue weighted by molar-refractivity contribution is 0.0500. The molecule has 26 heavy (non-hydrogen) atoms. The Hall–Kier alpha value is -2.24. The predicted molar refractivity (Wildman–Crippen MR) is 98.5 cm³/mol. The summed E-state index contributed by atoms with van der Waals surface area (Å²) in [6.45, 7) is 8.27. The number of piperidine rings is 1. The van der Waals surface area contributed by atoms with E-state index in [0.717, 1.165) is 36.1 Å². The molecule has 0 aromatic heterocycles. The second-order valence-electron chi connectivity index (χ2n) is 8.04. The Balaban J connectivity index is 1.46. The van der Waals surface area contributed by atoms with E-state index in [1.54, 1.807) is 0 Å². The molecule has 2 amide bonds. The molecule has 1 fully saturated rings. The smallest absolute Gasteiger partial charge is 0.407 e. The molecular formula is C20H28N2O4. The average Bonchev–Trinajstić information content (AvgIpc) is 3.06. The molecule has 0 unspecified atom stereocenters. The fraction of sp³-hybridized carbons (Fsp3) is 0.600. The van der Waals surface area contributed by atoms with Crippen molar-refractivity contribution in [1.82, 2.24) is 10.2 Å². The third-order valence-corrected chi connectivity index (χ3v) is 4.77. The second kappa shape index (κ2) is 7.56. The fourth-order valence-electron chi connectivity index (χ4n) is 3.38. The molecule has 1 saturated heterocycles. The van der Waals surface area contributed by atoms with Gasteiger partial charge in [0.15, 0.2) is 0 Å². The van der Waals surface area contributed by atoms with Gasteiger partial charge in [-0.1, -0.05) is 0 Å². The molecule has 0 atom stereocenters. The number of nitrogens with zero attached hydrogens (tertiary/aromatic N) is 1. The Morgan fingerprint density at radius 1 is 1.27 bits per heavy atom. The summed E-state index contributed by atoms with van der Waals surface area (Å²) in [6, 6.07) is 5.70. The number of ether oxygens (including phenoxy) is 2. The van der Waals surface area contributed by atoms with E-state index in [0.29, 0.717) is 32.2 Å². The first-order valence-corrected chi connectivity index (χ1v) is 9.34. The number of nitrogens with one attached hydrogen (secondary N) is 1. The normalized spacial score (nSPS) is 17.4. The van der Waals surface area contributed by atoms with E-state index in [9.17, 15) is 9.59 Å². The van der Waals surface area contributed by atoms with Crippen molar-refractivity contribution < 1.29 is 19.1 Å². The van der Waals surface area contributed by atoms with Crippen LogP contribution < -0.4 is 10.1 Å². The van der Waals surface area contributed by atoms with Crippen LogP contribution >= 0.6 is 0 Å². The topological polar surface area (TPSA) is 67.9 Å². The highest BCUT2D eigenvalue weighted by Gasteiger charge is 2.25. The molecule has 142 valence electrons. The van der Waals surface area contributed by atoms with Crippen molar-refractivity contribution in [2.24, 2.45) is 5.92 Å². The van der Waals surface area contributed by atoms with Crippen LogP contribution in [0.25, 0.3) is 0 Å². The molecule has 2 aliphatic rings. The number of fused-ring (bicyclic) bond motifs is 1. The molecule has 1 aromatic rings. The maximum Gasteiger partial charge on any atom is 0.407 e. The largest absolute Gasteiger partial charge is 0.493 e. The maximum absolute atomic E-state index is 12.7. The van der Waals surface area contributed by atoms with Gasteiger partial charge in [0.25, 0.3) is 5.91 Å². The lowest BCUT2D eigenvalue weighted by atomic mass is 9.96. The Labute approximate surface area is 154 Å². The first-order chi connectivity index (χ1) is 12.3. The van der Waals surface area contributed by atoms with Gasteiger partial charge < -0.3 is 19.7 Å². The molecule has 0 bridgehead atoms. The number of alkyl carbamates (subject to hydrolysis) is 1. The maximum atomic E-state index is 12.7. The highest BCUT2D eigenvalue weighted by Crippen LogP contribution is 2.27. The molecule has 6 nitrogen and oxygen atoms in total. The number of rotatable bonds is 3. The number of amides is 2. The van der Waals surface area contributed by atoms with Gasteiger partial charge in [-0.05, 0) is 63.3 Å². The van der Waals surface area contributed by atoms with Crippen molar-refractivity contribution in [2.45, 2.75) is 45.6 Å². The molecule has 1 aromatic carbocycles. The molecule has 0 aliphatic carbocycles. The average molecular weight is 360 g/mol. The highest BCUT2D eigenvalue weighted by atomic mass is 16.6. The van der Waals surface area contributed by atoms with E-state index in [-0.39, 0.29) is 12.0 Å². The van der Waals surface area contributed by atoms with Crippen LogP contribution in [0.1, 0.15) is 49.5 Å². The molecule has 2 heterocycles. The minimum Gasteiger partial charge on any atom is -0.493 e. The number of hydrogen-bond acceptors (Lipinski definition) is 4. The van der Waals surface area contributed by atoms with Gasteiger partial charge in [-0.2, -0.15) is 0 Å². The zero-order valence-electron chi connectivity index (χ0n) is 15.8. The van der Waals surface area contributed by atoms with Crippen LogP contribution in [0.4, 0.5) is 4.79 Å². The SMILES string of the molecule is CC(C)(C)OC(=O)NCC1CCN(C(=O)c2ccc3c(c2)CCO3)CC1. The van der Waals surface area contributed by atoms with E-state index >= 15 is 0 Å². The summed E-state index contributed by atoms with van der Waals surface area (Å²) in [5.74, 6) is 1.35. The minimum absolute atomic E-state index is 0.0817. The van der Waals surface area contributed by atoms with Gasteiger partial charge in [0.2, 0.25) is 0 Å². The van der Waals surface area contributed by atoms with Crippen LogP contribution in [0.2, 0.25) is 0 Å². The number of carbonyl (C=O) groups excluding carboxylic acids is 2. The first kappa shape index (κ1) is 18.5. The Morgan fingerprint density at radius 2 is 2.00 bits per heavy atom. The van der Waals surface area contributed by atoms with Crippen molar-refractivity contribution in [3.05, 3.63) is 29.3 Å². The molecule has 0 saturated carbocycles. The van der Waals surface area contributed by atoms with E-state index in [1.807, 2.05) is 43.9 Å². The van der Waals surface area contributed by atoms with Crippen molar-refractivity contribution in [1.29, 1.82) is 0 Å². The molecule has 3 rings (SSSR count). The van der Waals surface area contributed by atoms with E-state index in [4.69, 9.17) is 9.47 Å². The molecule has 2 aliphatic heterocycles. The van der Waals surface area contributed by atoms with Gasteiger partial charge in [-0.15, -0.1) is 0 Å². The van der Waals surface area contributed by atoms with Gasteiger partial charge >= 0.3 is 6.09 Å². The number of benzene rings is 1. The Bertz CT molecular complexity index is 673. The van der Waals surface area contributed by atoms with E-state index in [2.05, 4.69) is 5.32 Å². The van der Waals surface area contributed by atoms with Crippen molar-refractivity contribution in [3.63, 3.8) is 0 Å². The highest BCUT2D eigenvalue weighted by molar-refractivity contribution is 5.94. The summed E-state index contributed by atoms with van der Waals surface area (Å²) in [5.41, 5.74) is 1.37. The van der Waals surface area contributed by atoms with Crippen LogP contribution in [0, 0.1) is 5.92 Å². The van der Waals surface area contributed by atoms with Crippen LogP contribution in [-0.4, -0.2) is 48.7 Å². The quantitative estimate of drug-likeness (QED) is 0.900. The molecule has 1 N–H and O–H groups in total. The van der Waals surface area contributed by atoms with E-state index < -0.39 is 5.60 Å². The Morgan fingerprint density at radius 3 is 2.69 bits per heavy atom. The van der Waals surface area contributed by atoms with Crippen LogP contribution in [0.5, 0.6) is 5.75 Å². The van der Waals surface area contributed by atoms with Crippen molar-refractivity contribution in [3.8, 4) is 5.75 Å². The molecular weight excluding hydrogens is 332 g/mol. The number of carbonyl (C=O) groups is 2. The minimum atomic E-state index is -0.485. The van der Waals surface area contributed by atoms with Crippen molar-refractivity contribution in [2.75, 3.05) is 26.2 Å². The molecule has 0 spiro atoms. The van der Waals surface area contributed by atoms with Gasteiger partial charge in [0.05, 0.1) is 6.61 Å². The van der Waals surface area contributed by atoms with E-state index in [1.165, 1.54) is 0 Å². The van der Waals surface area contributed by atoms with Crippen LogP contribution in [0.15, 0.2) is 18.2 Å². The Kier molecular flexibility index (Phi) is 5.39. The third kappa shape index (κ3) is 4.68. The lowest BCUT2D eigenvalue weighted by Crippen LogP contribution is -2.42. The molecule has 0 radical (unpaired) electrons. The summed E-state index contributed by atoms with van der Waals surface area (Å²) >= 11 is 0. The summed E-state index contributed by atoms with van der Waals surface area (Å²) in [6.07, 6.45) is 2.26. The van der Waals surface area contributed by atoms with Crippen LogP contribution in [0.3, 0.4) is 0 Å². The number of likely N-dealkylation sites (tertiary alicyclic amines) is 1. The predicted octanol–water partition coefficient (Wildman–Crippen LogP) is 3.00. The van der Waals surface area contributed by atoms with Gasteiger partial charge in [-0.25, -0.2) is 4.79 Å². The fourth-order valence-corrected chi connectivity index (χ4v) is 3.38. The van der Waals surface area contributed by atoms with Gasteiger partial charge in [0, 0.05) is 31.6 Å². The summed E-state index contributed by atoms with van der Waals surface area (Å²) < 4.78 is 10.8. The summed E-state index contributed by atoms with van der Waals surface area (Å²) in [7, 11) is 0. The van der Waals surface area contributed by atoms with Gasteiger partial charge in [0.1, 0.15) is 11.4 Å². The third-order valence-electron chi connectivity index (χ3n) is 4.77. The first-order valence-electron chi connectivity index (χ1n) is 9.34. The lowest BCUT2D eigenvalue weighted by Gasteiger charge is -2.32. The monoisotopic (exact) mass is 360 g/mol. The zero-order chi connectivity index (χ0) is 18.7. The standard InChI is InChI=1S/C20H28N2O4/c1-20(2,3)26-19(24)21-13-14-6-9-22(10-7-14)18(23)16-4-5-17-15(12-16)8-11-25-17/h4-5,12,14H,6-11,13H2,1-3H3,(H,21,24). The number of hydrogen-bond donors (Lipinski definition) is 1. The van der Waals surface area contributed by atoms with Gasteiger partial charge in [-0.3, -0.25) is 4.79 Å². The summed E-state index contributed by atoms with van der Waals surface area (Å²) in [5, 5.41) is 2.83. The second-order valence-corrected chi connectivity index (χ2v) is 8.04. The summed E-state index contributed by atoms with van der Waals surface area (Å²) in [4.78, 5) is 26.4.